The van der Waals surface area contributed by atoms with Crippen molar-refractivity contribution in [1.29, 1.82) is 0 Å². The molecule has 1 heterocycles. The number of halogens is 1. The van der Waals surface area contributed by atoms with Crippen LogP contribution in [0.15, 0.2) is 23.7 Å². The van der Waals surface area contributed by atoms with E-state index in [1.54, 1.807) is 17.4 Å². The van der Waals surface area contributed by atoms with E-state index in [-0.39, 0.29) is 11.9 Å². The van der Waals surface area contributed by atoms with Gasteiger partial charge in [-0.2, -0.15) is 0 Å². The summed E-state index contributed by atoms with van der Waals surface area (Å²) in [6.07, 6.45) is 0.794. The van der Waals surface area contributed by atoms with Crippen LogP contribution < -0.4 is 10.1 Å². The molecule has 3 nitrogen and oxygen atoms in total. The zero-order chi connectivity index (χ0) is 15.2. The van der Waals surface area contributed by atoms with Crippen molar-refractivity contribution in [2.45, 2.75) is 33.2 Å². The van der Waals surface area contributed by atoms with Crippen molar-refractivity contribution in [2.24, 2.45) is 0 Å². The molecule has 1 N–H and O–H groups in total. The fourth-order valence-electron chi connectivity index (χ4n) is 2.23. The second-order valence-corrected chi connectivity index (χ2v) is 5.86. The van der Waals surface area contributed by atoms with Crippen LogP contribution in [0.1, 0.15) is 36.0 Å². The highest BCUT2D eigenvalue weighted by Crippen LogP contribution is 2.26. The molecule has 1 atom stereocenters. The maximum Gasteiger partial charge on any atom is 0.126 e. The first-order valence-corrected chi connectivity index (χ1v) is 8.04. The Morgan fingerprint density at radius 2 is 2.24 bits per heavy atom. The van der Waals surface area contributed by atoms with Gasteiger partial charge in [0.2, 0.25) is 0 Å². The van der Waals surface area contributed by atoms with E-state index in [2.05, 4.69) is 17.2 Å². The monoisotopic (exact) mass is 308 g/mol. The van der Waals surface area contributed by atoms with Crippen molar-refractivity contribution in [3.05, 3.63) is 45.7 Å². The van der Waals surface area contributed by atoms with Gasteiger partial charge >= 0.3 is 0 Å². The number of hydrogen-bond donors (Lipinski definition) is 1. The van der Waals surface area contributed by atoms with Gasteiger partial charge < -0.3 is 10.1 Å². The Bertz CT molecular complexity index is 585. The molecule has 1 aromatic heterocycles. The van der Waals surface area contributed by atoms with Gasteiger partial charge in [-0.3, -0.25) is 0 Å². The molecule has 0 fully saturated rings. The Labute approximate surface area is 129 Å². The first kappa shape index (κ1) is 15.9. The summed E-state index contributed by atoms with van der Waals surface area (Å²) in [7, 11) is 0. The summed E-state index contributed by atoms with van der Waals surface area (Å²) in [5, 5.41) is 3.32. The average molecular weight is 308 g/mol. The van der Waals surface area contributed by atoms with Gasteiger partial charge in [-0.05, 0) is 26.5 Å². The number of ether oxygens (including phenoxy) is 1. The molecule has 0 saturated heterocycles. The summed E-state index contributed by atoms with van der Waals surface area (Å²) in [6.45, 7) is 7.48. The van der Waals surface area contributed by atoms with E-state index in [9.17, 15) is 4.39 Å². The Morgan fingerprint density at radius 1 is 1.43 bits per heavy atom. The Morgan fingerprint density at radius 3 is 2.90 bits per heavy atom. The largest absolute Gasteiger partial charge is 0.493 e. The number of nitrogens with zero attached hydrogens (tertiary/aromatic N) is 1. The lowest BCUT2D eigenvalue weighted by molar-refractivity contribution is 0.314. The van der Waals surface area contributed by atoms with Gasteiger partial charge in [0.15, 0.2) is 0 Å². The minimum absolute atomic E-state index is 0.135. The minimum Gasteiger partial charge on any atom is -0.493 e. The smallest absolute Gasteiger partial charge is 0.126 e. The summed E-state index contributed by atoms with van der Waals surface area (Å²) in [4.78, 5) is 5.43. The second-order valence-electron chi connectivity index (χ2n) is 4.92. The molecule has 1 aromatic carbocycles. The number of hydrogen-bond acceptors (Lipinski definition) is 4. The van der Waals surface area contributed by atoms with E-state index in [0.717, 1.165) is 24.2 Å². The van der Waals surface area contributed by atoms with Crippen LogP contribution in [0, 0.1) is 12.7 Å². The van der Waals surface area contributed by atoms with Crippen molar-refractivity contribution < 1.29 is 9.13 Å². The summed E-state index contributed by atoms with van der Waals surface area (Å²) in [5.41, 5.74) is 3.87. The summed E-state index contributed by atoms with van der Waals surface area (Å²) < 4.78 is 19.3. The molecule has 0 amide bonds. The predicted octanol–water partition coefficient (Wildman–Crippen LogP) is 3.88. The molecular weight excluding hydrogens is 287 g/mol. The molecule has 0 spiro atoms. The average Bonchev–Trinajstić information content (AvgIpc) is 2.85. The van der Waals surface area contributed by atoms with E-state index < -0.39 is 0 Å². The third-order valence-electron chi connectivity index (χ3n) is 3.38. The quantitative estimate of drug-likeness (QED) is 0.843. The topological polar surface area (TPSA) is 34.1 Å². The van der Waals surface area contributed by atoms with Gasteiger partial charge in [0.05, 0.1) is 17.8 Å². The van der Waals surface area contributed by atoms with Gasteiger partial charge in [0, 0.05) is 29.0 Å². The first-order valence-electron chi connectivity index (χ1n) is 7.16. The molecular formula is C16H21FN2OS. The van der Waals surface area contributed by atoms with Crippen molar-refractivity contribution in [1.82, 2.24) is 10.3 Å². The lowest BCUT2D eigenvalue weighted by Gasteiger charge is -2.17. The summed E-state index contributed by atoms with van der Waals surface area (Å²) >= 11 is 1.63. The fourth-order valence-corrected chi connectivity index (χ4v) is 2.99. The second kappa shape index (κ2) is 7.52. The van der Waals surface area contributed by atoms with Gasteiger partial charge in [-0.1, -0.05) is 13.0 Å². The molecule has 0 aliphatic rings. The Kier molecular flexibility index (Phi) is 5.70. The molecule has 0 aliphatic carbocycles. The van der Waals surface area contributed by atoms with E-state index >= 15 is 0 Å². The van der Waals surface area contributed by atoms with Gasteiger partial charge in [0.25, 0.3) is 0 Å². The van der Waals surface area contributed by atoms with Crippen molar-refractivity contribution in [3.63, 3.8) is 0 Å². The standard InChI is InChI=1S/C16H21FN2OS/c1-4-18-11(2)14-6-5-13(17)9-15(14)20-8-7-16-12(3)19-10-21-16/h5-6,9-11,18H,4,7-8H2,1-3H3. The first-order chi connectivity index (χ1) is 10.1. The van der Waals surface area contributed by atoms with E-state index in [0.29, 0.717) is 12.4 Å². The summed E-state index contributed by atoms with van der Waals surface area (Å²) in [6, 6.07) is 4.86. The maximum atomic E-state index is 13.5. The number of thiazole rings is 1. The van der Waals surface area contributed by atoms with Gasteiger partial charge in [-0.15, -0.1) is 11.3 Å². The van der Waals surface area contributed by atoms with Gasteiger partial charge in [0.1, 0.15) is 11.6 Å². The predicted molar refractivity (Wildman–Crippen MR) is 84.5 cm³/mol. The van der Waals surface area contributed by atoms with Crippen molar-refractivity contribution >= 4 is 11.3 Å². The lowest BCUT2D eigenvalue weighted by Crippen LogP contribution is -2.19. The molecule has 21 heavy (non-hydrogen) atoms. The molecule has 0 bridgehead atoms. The van der Waals surface area contributed by atoms with Crippen LogP contribution in [0.5, 0.6) is 5.75 Å². The van der Waals surface area contributed by atoms with Crippen LogP contribution in [0.2, 0.25) is 0 Å². The van der Waals surface area contributed by atoms with Crippen LogP contribution in [0.3, 0.4) is 0 Å². The highest BCUT2D eigenvalue weighted by atomic mass is 32.1. The molecule has 114 valence electrons. The summed E-state index contributed by atoms with van der Waals surface area (Å²) in [5.74, 6) is 0.344. The van der Waals surface area contributed by atoms with Gasteiger partial charge in [-0.25, -0.2) is 9.37 Å². The lowest BCUT2D eigenvalue weighted by atomic mass is 10.1. The third-order valence-corrected chi connectivity index (χ3v) is 4.38. The van der Waals surface area contributed by atoms with E-state index in [4.69, 9.17) is 4.74 Å². The molecule has 1 unspecified atom stereocenters. The number of benzene rings is 1. The minimum atomic E-state index is -0.272. The molecule has 0 saturated carbocycles. The maximum absolute atomic E-state index is 13.5. The van der Waals surface area contributed by atoms with Crippen molar-refractivity contribution in [2.75, 3.05) is 13.2 Å². The number of rotatable bonds is 7. The van der Waals surface area contributed by atoms with Crippen LogP contribution in [0.25, 0.3) is 0 Å². The molecule has 0 radical (unpaired) electrons. The molecule has 2 rings (SSSR count). The highest BCUT2D eigenvalue weighted by Gasteiger charge is 2.12. The van der Waals surface area contributed by atoms with Crippen LogP contribution in [-0.4, -0.2) is 18.1 Å². The van der Waals surface area contributed by atoms with Crippen LogP contribution in [0.4, 0.5) is 4.39 Å². The zero-order valence-corrected chi connectivity index (χ0v) is 13.5. The van der Waals surface area contributed by atoms with E-state index in [1.165, 1.54) is 17.0 Å². The van der Waals surface area contributed by atoms with Crippen molar-refractivity contribution in [3.8, 4) is 5.75 Å². The SMILES string of the molecule is CCNC(C)c1ccc(F)cc1OCCc1scnc1C. The number of nitrogens with one attached hydrogen (secondary N) is 1. The fraction of sp³-hybridized carbons (Fsp3) is 0.438. The van der Waals surface area contributed by atoms with E-state index in [1.807, 2.05) is 19.4 Å². The molecule has 5 heteroatoms. The highest BCUT2D eigenvalue weighted by molar-refractivity contribution is 7.09. The Hall–Kier alpha value is -1.46. The third kappa shape index (κ3) is 4.25. The Balaban J connectivity index is 2.04. The van der Waals surface area contributed by atoms with Crippen LogP contribution in [-0.2, 0) is 6.42 Å². The zero-order valence-electron chi connectivity index (χ0n) is 12.6. The number of aryl methyl sites for hydroxylation is 1. The normalized spacial score (nSPS) is 12.4. The number of aromatic nitrogens is 1. The molecule has 0 aliphatic heterocycles. The molecule has 2 aromatic rings. The van der Waals surface area contributed by atoms with Crippen LogP contribution >= 0.6 is 11.3 Å².